The lowest BCUT2D eigenvalue weighted by molar-refractivity contribution is -0.143. The van der Waals surface area contributed by atoms with Gasteiger partial charge in [-0.05, 0) is 35.8 Å². The lowest BCUT2D eigenvalue weighted by Crippen LogP contribution is -2.61. The second-order valence-corrected chi connectivity index (χ2v) is 14.9. The largest absolute Gasteiger partial charge is 0.481 e. The van der Waals surface area contributed by atoms with Crippen LogP contribution in [-0.2, 0) is 56.0 Å². The van der Waals surface area contributed by atoms with Crippen molar-refractivity contribution in [2.75, 3.05) is 6.61 Å². The van der Waals surface area contributed by atoms with E-state index >= 15 is 0 Å². The van der Waals surface area contributed by atoms with Crippen LogP contribution in [0.4, 0.5) is 0 Å². The summed E-state index contributed by atoms with van der Waals surface area (Å²) >= 11 is 0. The summed E-state index contributed by atoms with van der Waals surface area (Å²) in [5.74, 6) is -11.7. The zero-order valence-electron chi connectivity index (χ0n) is 33.8. The highest BCUT2D eigenvalue weighted by Crippen LogP contribution is 2.10. The summed E-state index contributed by atoms with van der Waals surface area (Å²) < 4.78 is 0. The maximum absolute atomic E-state index is 13.6. The van der Waals surface area contributed by atoms with Gasteiger partial charge < -0.3 is 58.1 Å². The molecule has 2 aromatic carbocycles. The first-order valence-electron chi connectivity index (χ1n) is 19.1. The molecule has 0 fully saturated rings. The molecule has 328 valence electrons. The molecule has 12 N–H and O–H groups in total. The van der Waals surface area contributed by atoms with Gasteiger partial charge in [0.05, 0.1) is 25.5 Å². The molecule has 0 aliphatic carbocycles. The topological polar surface area (TPSA) is 333 Å². The second-order valence-electron chi connectivity index (χ2n) is 14.9. The number of carbonyl (C=O) groups excluding carboxylic acids is 6. The number of nitrogens with two attached hydrogens (primary N) is 1. The molecule has 0 aliphatic heterocycles. The van der Waals surface area contributed by atoms with E-state index in [1.807, 2.05) is 0 Å². The summed E-state index contributed by atoms with van der Waals surface area (Å²) in [6, 6.07) is 6.29. The van der Waals surface area contributed by atoms with Crippen LogP contribution in [-0.4, -0.2) is 123 Å². The fourth-order valence-corrected chi connectivity index (χ4v) is 5.82. The van der Waals surface area contributed by atoms with Gasteiger partial charge in [-0.15, -0.1) is 0 Å². The first kappa shape index (κ1) is 49.7. The maximum atomic E-state index is 13.6. The molecular weight excluding hydrogens is 786 g/mol. The fourth-order valence-electron chi connectivity index (χ4n) is 5.82. The number of aliphatic hydroxyl groups excluding tert-OH is 1. The number of carbonyl (C=O) groups is 9. The normalized spacial score (nSPS) is 14.5. The van der Waals surface area contributed by atoms with Crippen LogP contribution in [0.2, 0.25) is 0 Å². The third-order valence-corrected chi connectivity index (χ3v) is 8.96. The number of nitrogens with one attached hydrogen (secondary N) is 6. The Morgan fingerprint density at radius 1 is 0.517 bits per heavy atom. The van der Waals surface area contributed by atoms with Gasteiger partial charge in [0, 0.05) is 6.42 Å². The average molecular weight is 842 g/mol. The molecule has 0 aromatic heterocycles. The number of carboxylic acids is 3. The minimum absolute atomic E-state index is 0.0449. The molecule has 0 saturated heterocycles. The Kier molecular flexibility index (Phi) is 20.3. The lowest BCUT2D eigenvalue weighted by Gasteiger charge is -2.28. The van der Waals surface area contributed by atoms with Gasteiger partial charge in [0.2, 0.25) is 35.4 Å². The highest BCUT2D eigenvalue weighted by Gasteiger charge is 2.36. The molecule has 0 aliphatic rings. The van der Waals surface area contributed by atoms with Crippen LogP contribution in [0.5, 0.6) is 0 Å². The smallest absolute Gasteiger partial charge is 0.326 e. The number of aliphatic carboxylic acids is 3. The van der Waals surface area contributed by atoms with E-state index in [1.165, 1.54) is 13.8 Å². The number of hydrogen-bond acceptors (Lipinski definition) is 11. The van der Waals surface area contributed by atoms with Crippen molar-refractivity contribution in [3.05, 3.63) is 71.8 Å². The monoisotopic (exact) mass is 841 g/mol. The predicted molar refractivity (Wildman–Crippen MR) is 213 cm³/mol. The van der Waals surface area contributed by atoms with Crippen molar-refractivity contribution >= 4 is 53.4 Å². The molecule has 20 heteroatoms. The van der Waals surface area contributed by atoms with Gasteiger partial charge in [-0.25, -0.2) is 4.79 Å². The molecule has 0 saturated carbocycles. The third-order valence-electron chi connectivity index (χ3n) is 8.96. The number of amides is 6. The molecule has 7 atom stereocenters. The van der Waals surface area contributed by atoms with Crippen LogP contribution >= 0.6 is 0 Å². The number of carboxylic acid groups (broad SMARTS) is 3. The molecule has 0 spiro atoms. The molecule has 60 heavy (non-hydrogen) atoms. The van der Waals surface area contributed by atoms with Crippen LogP contribution in [0.1, 0.15) is 58.1 Å². The van der Waals surface area contributed by atoms with Gasteiger partial charge >= 0.3 is 17.9 Å². The summed E-state index contributed by atoms with van der Waals surface area (Å²) in [6.45, 7) is 5.48. The summed E-state index contributed by atoms with van der Waals surface area (Å²) in [5.41, 5.74) is 7.30. The maximum Gasteiger partial charge on any atom is 0.326 e. The summed E-state index contributed by atoms with van der Waals surface area (Å²) in [6.07, 6.45) is -2.06. The second kappa shape index (κ2) is 24.5. The fraction of sp³-hybridized carbons (Fsp3) is 0.475. The van der Waals surface area contributed by atoms with Crippen molar-refractivity contribution in [2.24, 2.45) is 17.6 Å². The van der Waals surface area contributed by atoms with E-state index in [2.05, 4.69) is 31.9 Å². The molecule has 2 rings (SSSR count). The molecule has 0 heterocycles. The van der Waals surface area contributed by atoms with Crippen LogP contribution in [0.3, 0.4) is 0 Å². The van der Waals surface area contributed by atoms with E-state index < -0.39 is 121 Å². The lowest BCUT2D eigenvalue weighted by atomic mass is 10.00. The van der Waals surface area contributed by atoms with Crippen LogP contribution in [0.25, 0.3) is 0 Å². The van der Waals surface area contributed by atoms with E-state index in [1.54, 1.807) is 74.5 Å². The SMILES string of the molecule is CC(C)CC(NC(=O)C(CO)NC(=O)C(N)Cc1ccccc1)C(=O)NC(CC(=O)O)C(=O)NC(C(=O)NC(CC(=O)O)C(=O)NC(Cc1ccccc1)C(=O)O)C(C)C. The highest BCUT2D eigenvalue weighted by atomic mass is 16.4. The third kappa shape index (κ3) is 17.2. The van der Waals surface area contributed by atoms with Crippen molar-refractivity contribution in [1.29, 1.82) is 0 Å². The Bertz CT molecular complexity index is 1810. The van der Waals surface area contributed by atoms with Crippen molar-refractivity contribution in [3.63, 3.8) is 0 Å². The van der Waals surface area contributed by atoms with Gasteiger partial charge in [-0.3, -0.25) is 38.4 Å². The molecule has 7 unspecified atom stereocenters. The van der Waals surface area contributed by atoms with Crippen molar-refractivity contribution in [3.8, 4) is 0 Å². The van der Waals surface area contributed by atoms with Crippen LogP contribution < -0.4 is 37.6 Å². The van der Waals surface area contributed by atoms with E-state index in [9.17, 15) is 63.6 Å². The van der Waals surface area contributed by atoms with Gasteiger partial charge in [-0.1, -0.05) is 88.4 Å². The average Bonchev–Trinajstić information content (AvgIpc) is 3.17. The Morgan fingerprint density at radius 2 is 0.917 bits per heavy atom. The zero-order chi connectivity index (χ0) is 45.1. The van der Waals surface area contributed by atoms with Gasteiger partial charge in [0.25, 0.3) is 0 Å². The highest BCUT2D eigenvalue weighted by molar-refractivity contribution is 5.98. The molecule has 2 aromatic rings. The van der Waals surface area contributed by atoms with Crippen molar-refractivity contribution in [2.45, 2.75) is 102 Å². The predicted octanol–water partition coefficient (Wildman–Crippen LogP) is -1.56. The number of aliphatic hydroxyl groups is 1. The summed E-state index contributed by atoms with van der Waals surface area (Å²) in [4.78, 5) is 115. The van der Waals surface area contributed by atoms with Gasteiger partial charge in [0.15, 0.2) is 0 Å². The number of benzene rings is 2. The molecule has 20 nitrogen and oxygen atoms in total. The Balaban J connectivity index is 2.22. The molecule has 6 amide bonds. The van der Waals surface area contributed by atoms with Crippen molar-refractivity contribution in [1.82, 2.24) is 31.9 Å². The quantitative estimate of drug-likeness (QED) is 0.0539. The van der Waals surface area contributed by atoms with E-state index in [0.29, 0.717) is 5.56 Å². The minimum Gasteiger partial charge on any atom is -0.481 e. The zero-order valence-corrected chi connectivity index (χ0v) is 33.8. The Hall–Kier alpha value is -6.41. The minimum atomic E-state index is -1.84. The van der Waals surface area contributed by atoms with Crippen LogP contribution in [0, 0.1) is 11.8 Å². The summed E-state index contributed by atoms with van der Waals surface area (Å²) in [5, 5.41) is 52.6. The van der Waals surface area contributed by atoms with Crippen molar-refractivity contribution < 1.29 is 63.6 Å². The first-order valence-corrected chi connectivity index (χ1v) is 19.1. The van der Waals surface area contributed by atoms with E-state index in [0.717, 1.165) is 5.56 Å². The van der Waals surface area contributed by atoms with E-state index in [4.69, 9.17) is 5.73 Å². The van der Waals surface area contributed by atoms with Gasteiger partial charge in [0.1, 0.15) is 36.3 Å². The van der Waals surface area contributed by atoms with Crippen LogP contribution in [0.15, 0.2) is 60.7 Å². The molecule has 0 radical (unpaired) electrons. The van der Waals surface area contributed by atoms with Gasteiger partial charge in [-0.2, -0.15) is 0 Å². The number of rotatable bonds is 25. The number of hydrogen-bond donors (Lipinski definition) is 11. The Morgan fingerprint density at radius 3 is 1.37 bits per heavy atom. The molecule has 0 bridgehead atoms. The first-order chi connectivity index (χ1) is 28.2. The summed E-state index contributed by atoms with van der Waals surface area (Å²) in [7, 11) is 0. The van der Waals surface area contributed by atoms with E-state index in [-0.39, 0.29) is 25.2 Å². The standard InChI is InChI=1S/C40H55N7O13/c1-21(2)15-26(42-38(57)30(20-48)46-34(53)25(41)16-23-11-7-5-8-12-23)35(54)43-28(19-32(51)52)37(56)47-33(22(3)4)39(58)44-27(18-31(49)50)36(55)45-29(40(59)60)17-24-13-9-6-10-14-24/h5-14,21-22,25-30,33,48H,15-20,41H2,1-4H3,(H,42,57)(H,43,54)(H,44,58)(H,45,55)(H,46,53)(H,47,56)(H,49,50)(H,51,52)(H,59,60). The molecular formula is C40H55N7O13. The Labute approximate surface area is 346 Å².